The first-order valence-corrected chi connectivity index (χ1v) is 6.27. The lowest BCUT2D eigenvalue weighted by Crippen LogP contribution is -2.21. The smallest absolute Gasteiger partial charge is 0.152 e. The summed E-state index contributed by atoms with van der Waals surface area (Å²) in [5.74, 6) is 2.82. The maximum absolute atomic E-state index is 4.99. The molecule has 2 aromatic heterocycles. The summed E-state index contributed by atoms with van der Waals surface area (Å²) >= 11 is 0. The van der Waals surface area contributed by atoms with Crippen LogP contribution in [0.15, 0.2) is 12.4 Å². The van der Waals surface area contributed by atoms with Crippen LogP contribution in [0.25, 0.3) is 0 Å². The number of aryl methyl sites for hydroxylation is 1. The van der Waals surface area contributed by atoms with Crippen molar-refractivity contribution in [3.63, 3.8) is 0 Å². The molecule has 0 aliphatic rings. The van der Waals surface area contributed by atoms with Crippen molar-refractivity contribution in [2.75, 3.05) is 20.3 Å². The summed E-state index contributed by atoms with van der Waals surface area (Å²) in [4.78, 5) is 4.35. The summed E-state index contributed by atoms with van der Waals surface area (Å²) in [6.07, 6.45) is 3.76. The fraction of sp³-hybridized carbons (Fsp3) is 0.583. The second-order valence-electron chi connectivity index (χ2n) is 4.36. The first kappa shape index (κ1) is 13.7. The predicted octanol–water partition coefficient (Wildman–Crippen LogP) is 0.104. The molecule has 0 aromatic carbocycles. The largest absolute Gasteiger partial charge is 0.383 e. The second-order valence-corrected chi connectivity index (χ2v) is 4.36. The van der Waals surface area contributed by atoms with Gasteiger partial charge in [-0.25, -0.2) is 4.98 Å². The first-order chi connectivity index (χ1) is 9.22. The Morgan fingerprint density at radius 1 is 1.32 bits per heavy atom. The first-order valence-electron chi connectivity index (χ1n) is 6.27. The molecule has 0 fully saturated rings. The molecule has 0 unspecified atom stereocenters. The van der Waals surface area contributed by atoms with Gasteiger partial charge in [0.25, 0.3) is 0 Å². The lowest BCUT2D eigenvalue weighted by atomic mass is 10.5. The maximum atomic E-state index is 4.99. The van der Waals surface area contributed by atoms with Gasteiger partial charge in [-0.2, -0.15) is 0 Å². The van der Waals surface area contributed by atoms with Crippen LogP contribution in [-0.4, -0.2) is 44.6 Å². The number of nitrogens with one attached hydrogen (secondary N) is 1. The number of hydrogen-bond donors (Lipinski definition) is 1. The Morgan fingerprint density at radius 2 is 2.16 bits per heavy atom. The van der Waals surface area contributed by atoms with Crippen LogP contribution in [0, 0.1) is 6.92 Å². The molecule has 2 aromatic rings. The van der Waals surface area contributed by atoms with E-state index in [4.69, 9.17) is 4.74 Å². The standard InChI is InChI=1S/C12H20N6O/c1-10-15-16-12(17(10)2)9-18-6-4-14-11(18)8-13-5-7-19-3/h4,6,13H,5,7-9H2,1-3H3. The Labute approximate surface area is 112 Å². The van der Waals surface area contributed by atoms with E-state index in [0.29, 0.717) is 19.7 Å². The van der Waals surface area contributed by atoms with Gasteiger partial charge in [-0.1, -0.05) is 0 Å². The molecule has 7 heteroatoms. The van der Waals surface area contributed by atoms with Gasteiger partial charge in [0.15, 0.2) is 5.82 Å². The summed E-state index contributed by atoms with van der Waals surface area (Å²) in [6.45, 7) is 4.85. The van der Waals surface area contributed by atoms with Gasteiger partial charge in [-0.3, -0.25) is 0 Å². The average molecular weight is 264 g/mol. The van der Waals surface area contributed by atoms with Crippen molar-refractivity contribution in [1.29, 1.82) is 0 Å². The van der Waals surface area contributed by atoms with Gasteiger partial charge < -0.3 is 19.2 Å². The van der Waals surface area contributed by atoms with E-state index < -0.39 is 0 Å². The molecular formula is C12H20N6O. The van der Waals surface area contributed by atoms with Gasteiger partial charge in [-0.15, -0.1) is 10.2 Å². The van der Waals surface area contributed by atoms with Gasteiger partial charge in [0.05, 0.1) is 19.7 Å². The van der Waals surface area contributed by atoms with E-state index >= 15 is 0 Å². The predicted molar refractivity (Wildman–Crippen MR) is 70.7 cm³/mol. The van der Waals surface area contributed by atoms with E-state index in [1.807, 2.05) is 24.7 Å². The zero-order chi connectivity index (χ0) is 13.7. The summed E-state index contributed by atoms with van der Waals surface area (Å²) in [5.41, 5.74) is 0. The van der Waals surface area contributed by atoms with E-state index in [-0.39, 0.29) is 0 Å². The lowest BCUT2D eigenvalue weighted by Gasteiger charge is -2.08. The molecule has 1 N–H and O–H groups in total. The van der Waals surface area contributed by atoms with E-state index in [2.05, 4.69) is 25.1 Å². The van der Waals surface area contributed by atoms with Crippen LogP contribution < -0.4 is 5.32 Å². The summed E-state index contributed by atoms with van der Waals surface area (Å²) in [7, 11) is 3.66. The van der Waals surface area contributed by atoms with Gasteiger partial charge in [-0.05, 0) is 6.92 Å². The highest BCUT2D eigenvalue weighted by Crippen LogP contribution is 2.04. The van der Waals surface area contributed by atoms with Crippen LogP contribution in [-0.2, 0) is 24.9 Å². The van der Waals surface area contributed by atoms with Crippen LogP contribution in [0.4, 0.5) is 0 Å². The van der Waals surface area contributed by atoms with Crippen molar-refractivity contribution in [2.24, 2.45) is 7.05 Å². The van der Waals surface area contributed by atoms with Gasteiger partial charge in [0.2, 0.25) is 0 Å². The summed E-state index contributed by atoms with van der Waals surface area (Å²) < 4.78 is 9.06. The molecule has 0 aliphatic heterocycles. The average Bonchev–Trinajstić information content (AvgIpc) is 2.97. The molecule has 0 saturated heterocycles. The van der Waals surface area contributed by atoms with E-state index in [1.165, 1.54) is 0 Å². The minimum absolute atomic E-state index is 0.679. The highest BCUT2D eigenvalue weighted by molar-refractivity contribution is 4.99. The van der Waals surface area contributed by atoms with E-state index in [1.54, 1.807) is 13.3 Å². The minimum atomic E-state index is 0.679. The van der Waals surface area contributed by atoms with Gasteiger partial charge in [0, 0.05) is 33.1 Å². The monoisotopic (exact) mass is 264 g/mol. The molecule has 0 atom stereocenters. The number of rotatable bonds is 7. The van der Waals surface area contributed by atoms with E-state index in [9.17, 15) is 0 Å². The summed E-state index contributed by atoms with van der Waals surface area (Å²) in [5, 5.41) is 11.5. The SMILES string of the molecule is COCCNCc1nccn1Cc1nnc(C)n1C. The zero-order valence-corrected chi connectivity index (χ0v) is 11.6. The van der Waals surface area contributed by atoms with Crippen molar-refractivity contribution in [1.82, 2.24) is 29.6 Å². The second kappa shape index (κ2) is 6.44. The molecule has 7 nitrogen and oxygen atoms in total. The normalized spacial score (nSPS) is 11.1. The molecule has 2 rings (SSSR count). The highest BCUT2D eigenvalue weighted by atomic mass is 16.5. The van der Waals surface area contributed by atoms with Crippen LogP contribution in [0.1, 0.15) is 17.5 Å². The fourth-order valence-corrected chi connectivity index (χ4v) is 1.77. The Kier molecular flexibility index (Phi) is 4.64. The number of hydrogen-bond acceptors (Lipinski definition) is 5. The fourth-order valence-electron chi connectivity index (χ4n) is 1.77. The quantitative estimate of drug-likeness (QED) is 0.719. The number of nitrogens with zero attached hydrogens (tertiary/aromatic N) is 5. The van der Waals surface area contributed by atoms with Crippen LogP contribution >= 0.6 is 0 Å². The Bertz CT molecular complexity index is 518. The van der Waals surface area contributed by atoms with Crippen molar-refractivity contribution in [3.05, 3.63) is 29.9 Å². The maximum Gasteiger partial charge on any atom is 0.152 e. The van der Waals surface area contributed by atoms with Crippen molar-refractivity contribution >= 4 is 0 Å². The molecule has 0 radical (unpaired) electrons. The van der Waals surface area contributed by atoms with Gasteiger partial charge in [0.1, 0.15) is 11.6 Å². The Hall–Kier alpha value is -1.73. The number of ether oxygens (including phenoxy) is 1. The van der Waals surface area contributed by atoms with Crippen LogP contribution in [0.3, 0.4) is 0 Å². The molecular weight excluding hydrogens is 244 g/mol. The Balaban J connectivity index is 1.97. The molecule has 19 heavy (non-hydrogen) atoms. The minimum Gasteiger partial charge on any atom is -0.383 e. The third kappa shape index (κ3) is 3.39. The molecule has 0 saturated carbocycles. The third-order valence-electron chi connectivity index (χ3n) is 3.06. The molecule has 0 bridgehead atoms. The number of methoxy groups -OCH3 is 1. The van der Waals surface area contributed by atoms with Gasteiger partial charge >= 0.3 is 0 Å². The molecule has 0 spiro atoms. The number of imidazole rings is 1. The van der Waals surface area contributed by atoms with Crippen LogP contribution in [0.2, 0.25) is 0 Å². The molecule has 2 heterocycles. The van der Waals surface area contributed by atoms with E-state index in [0.717, 1.165) is 24.0 Å². The highest BCUT2D eigenvalue weighted by Gasteiger charge is 2.08. The lowest BCUT2D eigenvalue weighted by molar-refractivity contribution is 0.199. The number of aromatic nitrogens is 5. The third-order valence-corrected chi connectivity index (χ3v) is 3.06. The molecule has 0 aliphatic carbocycles. The van der Waals surface area contributed by atoms with Crippen molar-refractivity contribution in [3.8, 4) is 0 Å². The van der Waals surface area contributed by atoms with Crippen molar-refractivity contribution in [2.45, 2.75) is 20.0 Å². The zero-order valence-electron chi connectivity index (χ0n) is 11.6. The summed E-state index contributed by atoms with van der Waals surface area (Å²) in [6, 6.07) is 0. The van der Waals surface area contributed by atoms with Crippen LogP contribution in [0.5, 0.6) is 0 Å². The molecule has 0 amide bonds. The van der Waals surface area contributed by atoms with Crippen molar-refractivity contribution < 1.29 is 4.74 Å². The topological polar surface area (TPSA) is 69.8 Å². The molecule has 104 valence electrons. The Morgan fingerprint density at radius 3 is 2.84 bits per heavy atom.